The monoisotopic (exact) mass is 218 g/mol. The molecule has 0 amide bonds. The van der Waals surface area contributed by atoms with Crippen LogP contribution < -0.4 is 5.73 Å². The Morgan fingerprint density at radius 3 is 2.71 bits per heavy atom. The van der Waals surface area contributed by atoms with E-state index in [4.69, 9.17) is 5.73 Å². The Labute approximate surface area is 90.1 Å². The zero-order valence-electron chi connectivity index (χ0n) is 8.40. The maximum Gasteiger partial charge on any atom is 0.217 e. The first-order valence-corrected chi connectivity index (χ1v) is 4.52. The average Bonchev–Trinajstić information content (AvgIpc) is 2.16. The average molecular weight is 219 g/mol. The predicted octanol–water partition coefficient (Wildman–Crippen LogP) is 2.69. The minimum Gasteiger partial charge on any atom is -0.324 e. The van der Waals surface area contributed by atoms with E-state index in [-0.39, 0.29) is 24.4 Å². The zero-order chi connectivity index (χ0) is 9.84. The van der Waals surface area contributed by atoms with Gasteiger partial charge in [0.05, 0.1) is 0 Å². The van der Waals surface area contributed by atoms with Crippen molar-refractivity contribution in [2.24, 2.45) is 11.7 Å². The first-order chi connectivity index (χ1) is 6.16. The smallest absolute Gasteiger partial charge is 0.217 e. The molecular formula is C10H16ClFN2. The van der Waals surface area contributed by atoms with Gasteiger partial charge in [0.2, 0.25) is 5.95 Å². The molecule has 4 heteroatoms. The van der Waals surface area contributed by atoms with Gasteiger partial charge in [0.25, 0.3) is 0 Å². The normalized spacial score (nSPS) is 14.3. The first-order valence-electron chi connectivity index (χ1n) is 4.52. The second-order valence-corrected chi connectivity index (χ2v) is 3.29. The largest absolute Gasteiger partial charge is 0.324 e. The number of hydrogen-bond acceptors (Lipinski definition) is 2. The van der Waals surface area contributed by atoms with Crippen molar-refractivity contribution >= 4 is 12.4 Å². The quantitative estimate of drug-likeness (QED) is 0.793. The molecule has 0 aromatic carbocycles. The van der Waals surface area contributed by atoms with Crippen LogP contribution in [0.1, 0.15) is 31.9 Å². The van der Waals surface area contributed by atoms with Gasteiger partial charge in [-0.2, -0.15) is 4.39 Å². The Morgan fingerprint density at radius 1 is 1.57 bits per heavy atom. The van der Waals surface area contributed by atoms with Crippen molar-refractivity contribution in [3.05, 3.63) is 29.8 Å². The molecule has 0 radical (unpaired) electrons. The summed E-state index contributed by atoms with van der Waals surface area (Å²) in [5.74, 6) is -0.172. The van der Waals surface area contributed by atoms with E-state index in [1.165, 1.54) is 6.20 Å². The molecule has 2 N–H and O–H groups in total. The van der Waals surface area contributed by atoms with E-state index >= 15 is 0 Å². The van der Waals surface area contributed by atoms with E-state index in [9.17, 15) is 4.39 Å². The number of pyridine rings is 1. The van der Waals surface area contributed by atoms with Crippen LogP contribution in [0.5, 0.6) is 0 Å². The number of rotatable bonds is 3. The summed E-state index contributed by atoms with van der Waals surface area (Å²) < 4.78 is 13.1. The van der Waals surface area contributed by atoms with Crippen LogP contribution in [0.4, 0.5) is 4.39 Å². The molecule has 0 bridgehead atoms. The van der Waals surface area contributed by atoms with Crippen LogP contribution in [0.25, 0.3) is 0 Å². The minimum atomic E-state index is -0.449. The summed E-state index contributed by atoms with van der Waals surface area (Å²) in [6.07, 6.45) is 2.37. The van der Waals surface area contributed by atoms with E-state index in [2.05, 4.69) is 4.98 Å². The lowest BCUT2D eigenvalue weighted by atomic mass is 9.94. The molecule has 0 saturated carbocycles. The first kappa shape index (κ1) is 13.3. The fraction of sp³-hybridized carbons (Fsp3) is 0.500. The second kappa shape index (κ2) is 5.94. The molecule has 1 unspecified atom stereocenters. The molecule has 0 fully saturated rings. The number of nitrogens with two attached hydrogens (primary N) is 1. The van der Waals surface area contributed by atoms with Gasteiger partial charge >= 0.3 is 0 Å². The van der Waals surface area contributed by atoms with Gasteiger partial charge < -0.3 is 5.73 Å². The van der Waals surface area contributed by atoms with Crippen LogP contribution in [0.2, 0.25) is 0 Å². The number of nitrogens with zero attached hydrogens (tertiary/aromatic N) is 1. The molecule has 1 aromatic heterocycles. The standard InChI is InChI=1S/C10H15FN2.ClH/c1-3-7(2)9(12)8-5-4-6-13-10(8)11;/h4-7,9H,3,12H2,1-2H3;1H/t7?,9-;/m0./s1. The van der Waals surface area contributed by atoms with Crippen LogP contribution in [-0.4, -0.2) is 4.98 Å². The van der Waals surface area contributed by atoms with Crippen molar-refractivity contribution < 1.29 is 4.39 Å². The Bertz CT molecular complexity index is 281. The van der Waals surface area contributed by atoms with Gasteiger partial charge in [-0.3, -0.25) is 0 Å². The number of aromatic nitrogens is 1. The maximum atomic E-state index is 13.1. The molecule has 80 valence electrons. The lowest BCUT2D eigenvalue weighted by Crippen LogP contribution is -2.20. The van der Waals surface area contributed by atoms with Crippen LogP contribution in [0, 0.1) is 11.9 Å². The van der Waals surface area contributed by atoms with Crippen LogP contribution in [0.15, 0.2) is 18.3 Å². The Hall–Kier alpha value is -0.670. The highest BCUT2D eigenvalue weighted by Crippen LogP contribution is 2.22. The van der Waals surface area contributed by atoms with Crippen molar-refractivity contribution in [1.82, 2.24) is 4.98 Å². The van der Waals surface area contributed by atoms with E-state index in [1.54, 1.807) is 12.1 Å². The van der Waals surface area contributed by atoms with Crippen molar-refractivity contribution in [1.29, 1.82) is 0 Å². The lowest BCUT2D eigenvalue weighted by molar-refractivity contribution is 0.432. The summed E-state index contributed by atoms with van der Waals surface area (Å²) in [5.41, 5.74) is 6.38. The molecule has 2 atom stereocenters. The Kier molecular flexibility index (Phi) is 5.65. The van der Waals surface area contributed by atoms with Crippen LogP contribution >= 0.6 is 12.4 Å². The van der Waals surface area contributed by atoms with Crippen LogP contribution in [0.3, 0.4) is 0 Å². The molecule has 1 aromatic rings. The Balaban J connectivity index is 0.00000169. The van der Waals surface area contributed by atoms with Crippen molar-refractivity contribution in [2.45, 2.75) is 26.3 Å². The van der Waals surface area contributed by atoms with Crippen molar-refractivity contribution in [3.8, 4) is 0 Å². The van der Waals surface area contributed by atoms with Gasteiger partial charge in [0.1, 0.15) is 0 Å². The van der Waals surface area contributed by atoms with Gasteiger partial charge in [-0.15, -0.1) is 12.4 Å². The molecule has 1 heterocycles. The van der Waals surface area contributed by atoms with Gasteiger partial charge in [0.15, 0.2) is 0 Å². The highest BCUT2D eigenvalue weighted by atomic mass is 35.5. The summed E-state index contributed by atoms with van der Waals surface area (Å²) >= 11 is 0. The third kappa shape index (κ3) is 2.93. The molecule has 0 spiro atoms. The van der Waals surface area contributed by atoms with Crippen molar-refractivity contribution in [3.63, 3.8) is 0 Å². The molecule has 0 aliphatic carbocycles. The molecule has 0 aliphatic rings. The summed E-state index contributed by atoms with van der Waals surface area (Å²) in [6, 6.07) is 3.15. The number of hydrogen-bond donors (Lipinski definition) is 1. The van der Waals surface area contributed by atoms with E-state index < -0.39 is 5.95 Å². The van der Waals surface area contributed by atoms with E-state index in [0.29, 0.717) is 5.56 Å². The van der Waals surface area contributed by atoms with E-state index in [1.807, 2.05) is 13.8 Å². The molecule has 0 saturated heterocycles. The SMILES string of the molecule is CCC(C)[C@H](N)c1cccnc1F.Cl. The fourth-order valence-electron chi connectivity index (χ4n) is 1.21. The van der Waals surface area contributed by atoms with Gasteiger partial charge in [-0.1, -0.05) is 26.3 Å². The zero-order valence-corrected chi connectivity index (χ0v) is 9.22. The molecule has 1 rings (SSSR count). The van der Waals surface area contributed by atoms with E-state index in [0.717, 1.165) is 6.42 Å². The summed E-state index contributed by atoms with van der Waals surface area (Å²) in [4.78, 5) is 3.57. The summed E-state index contributed by atoms with van der Waals surface area (Å²) in [5, 5.41) is 0. The summed E-state index contributed by atoms with van der Waals surface area (Å²) in [7, 11) is 0. The van der Waals surface area contributed by atoms with Gasteiger partial charge in [0, 0.05) is 17.8 Å². The highest BCUT2D eigenvalue weighted by Gasteiger charge is 2.16. The second-order valence-electron chi connectivity index (χ2n) is 3.29. The lowest BCUT2D eigenvalue weighted by Gasteiger charge is -2.18. The van der Waals surface area contributed by atoms with Crippen LogP contribution in [-0.2, 0) is 0 Å². The highest BCUT2D eigenvalue weighted by molar-refractivity contribution is 5.85. The summed E-state index contributed by atoms with van der Waals surface area (Å²) in [6.45, 7) is 4.05. The minimum absolute atomic E-state index is 0. The number of halogens is 2. The molecule has 0 aliphatic heterocycles. The molecular weight excluding hydrogens is 203 g/mol. The fourth-order valence-corrected chi connectivity index (χ4v) is 1.21. The topological polar surface area (TPSA) is 38.9 Å². The third-order valence-electron chi connectivity index (χ3n) is 2.40. The van der Waals surface area contributed by atoms with Crippen molar-refractivity contribution in [2.75, 3.05) is 0 Å². The Morgan fingerprint density at radius 2 is 2.21 bits per heavy atom. The molecule has 2 nitrogen and oxygen atoms in total. The van der Waals surface area contributed by atoms with Gasteiger partial charge in [-0.05, 0) is 12.0 Å². The maximum absolute atomic E-state index is 13.1. The predicted molar refractivity (Wildman–Crippen MR) is 57.8 cm³/mol. The van der Waals surface area contributed by atoms with Gasteiger partial charge in [-0.25, -0.2) is 4.98 Å². The third-order valence-corrected chi connectivity index (χ3v) is 2.40. The molecule has 14 heavy (non-hydrogen) atoms.